The van der Waals surface area contributed by atoms with E-state index in [1.807, 2.05) is 0 Å². The lowest BCUT2D eigenvalue weighted by molar-refractivity contribution is -0.269. The Morgan fingerprint density at radius 1 is 1.08 bits per heavy atom. The Labute approximate surface area is 223 Å². The molecule has 6 atom stereocenters. The van der Waals surface area contributed by atoms with Gasteiger partial charge in [0.25, 0.3) is 0 Å². The number of aliphatic hydroxyl groups is 2. The van der Waals surface area contributed by atoms with E-state index < -0.39 is 82.7 Å². The first-order valence-electron chi connectivity index (χ1n) is 12.6. The molecule has 39 heavy (non-hydrogen) atoms. The summed E-state index contributed by atoms with van der Waals surface area (Å²) in [6.07, 6.45) is -5.12. The number of aromatic hydroxyl groups is 2. The second kappa shape index (κ2) is 9.68. The van der Waals surface area contributed by atoms with E-state index in [4.69, 9.17) is 18.9 Å². The maximum atomic E-state index is 13.7. The van der Waals surface area contributed by atoms with Crippen molar-refractivity contribution in [2.75, 3.05) is 14.2 Å². The van der Waals surface area contributed by atoms with Gasteiger partial charge in [0.2, 0.25) is 5.78 Å². The van der Waals surface area contributed by atoms with Gasteiger partial charge in [-0.25, -0.2) is 0 Å². The number of methoxy groups -OCH3 is 2. The van der Waals surface area contributed by atoms with Crippen LogP contribution in [0.3, 0.4) is 0 Å². The minimum Gasteiger partial charge on any atom is -0.507 e. The molecule has 11 nitrogen and oxygen atoms in total. The number of rotatable bonds is 5. The van der Waals surface area contributed by atoms with Crippen molar-refractivity contribution in [1.29, 1.82) is 0 Å². The number of aliphatic hydroxyl groups excluding tert-OH is 1. The fourth-order valence-electron chi connectivity index (χ4n) is 5.82. The summed E-state index contributed by atoms with van der Waals surface area (Å²) < 4.78 is 22.5. The second-order valence-electron chi connectivity index (χ2n) is 10.2. The molecule has 2 aliphatic carbocycles. The third-order valence-electron chi connectivity index (χ3n) is 8.00. The zero-order chi connectivity index (χ0) is 28.4. The van der Waals surface area contributed by atoms with Crippen molar-refractivity contribution in [1.82, 2.24) is 0 Å². The number of ketones is 3. The molecule has 5 rings (SSSR count). The molecule has 0 radical (unpaired) electrons. The number of phenolic OH excluding ortho intramolecular Hbond substituents is 2. The van der Waals surface area contributed by atoms with E-state index in [2.05, 4.69) is 0 Å². The smallest absolute Gasteiger partial charge is 0.202 e. The van der Waals surface area contributed by atoms with Crippen molar-refractivity contribution >= 4 is 17.3 Å². The van der Waals surface area contributed by atoms with Gasteiger partial charge >= 0.3 is 0 Å². The van der Waals surface area contributed by atoms with Gasteiger partial charge in [-0.05, 0) is 19.9 Å². The Bertz CT molecular complexity index is 1380. The van der Waals surface area contributed by atoms with Crippen LogP contribution in [0.5, 0.6) is 17.2 Å². The molecule has 4 N–H and O–H groups in total. The number of benzene rings is 2. The van der Waals surface area contributed by atoms with Crippen LogP contribution in [0.4, 0.5) is 0 Å². The molecule has 1 heterocycles. The summed E-state index contributed by atoms with van der Waals surface area (Å²) in [6.45, 7) is 2.81. The van der Waals surface area contributed by atoms with Gasteiger partial charge in [-0.2, -0.15) is 0 Å². The molecule has 4 unspecified atom stereocenters. The predicted octanol–water partition coefficient (Wildman–Crippen LogP) is 1.72. The molecule has 1 fully saturated rings. The highest BCUT2D eigenvalue weighted by atomic mass is 16.7. The zero-order valence-electron chi connectivity index (χ0n) is 21.9. The molecule has 0 saturated carbocycles. The van der Waals surface area contributed by atoms with Crippen LogP contribution in [0.2, 0.25) is 0 Å². The molecule has 2 aromatic rings. The van der Waals surface area contributed by atoms with Gasteiger partial charge in [0, 0.05) is 43.1 Å². The predicted molar refractivity (Wildman–Crippen MR) is 133 cm³/mol. The molecule has 0 bridgehead atoms. The van der Waals surface area contributed by atoms with E-state index in [0.717, 1.165) is 0 Å². The number of carbonyl (C=O) groups is 3. The number of fused-ring (bicyclic) bond motifs is 3. The van der Waals surface area contributed by atoms with E-state index >= 15 is 0 Å². The van der Waals surface area contributed by atoms with Crippen LogP contribution in [0.1, 0.15) is 75.8 Å². The van der Waals surface area contributed by atoms with E-state index in [1.165, 1.54) is 39.3 Å². The summed E-state index contributed by atoms with van der Waals surface area (Å²) in [6, 6.07) is 4.44. The maximum Gasteiger partial charge on any atom is 0.202 e. The van der Waals surface area contributed by atoms with E-state index in [0.29, 0.717) is 0 Å². The Morgan fingerprint density at radius 3 is 2.41 bits per heavy atom. The average Bonchev–Trinajstić information content (AvgIpc) is 2.90. The third kappa shape index (κ3) is 4.12. The van der Waals surface area contributed by atoms with Crippen LogP contribution >= 0.6 is 0 Å². The Morgan fingerprint density at radius 2 is 1.77 bits per heavy atom. The van der Waals surface area contributed by atoms with Crippen LogP contribution < -0.4 is 4.74 Å². The molecule has 0 aromatic heterocycles. The van der Waals surface area contributed by atoms with Crippen molar-refractivity contribution in [3.05, 3.63) is 51.6 Å². The van der Waals surface area contributed by atoms with Crippen LogP contribution in [-0.2, 0) is 25.4 Å². The minimum absolute atomic E-state index is 0.0132. The quantitative estimate of drug-likeness (QED) is 0.346. The summed E-state index contributed by atoms with van der Waals surface area (Å²) in [4.78, 5) is 39.7. The van der Waals surface area contributed by atoms with Gasteiger partial charge in [-0.15, -0.1) is 0 Å². The van der Waals surface area contributed by atoms with Crippen LogP contribution in [0.15, 0.2) is 18.2 Å². The van der Waals surface area contributed by atoms with Gasteiger partial charge in [0.15, 0.2) is 17.9 Å². The Hall–Kier alpha value is -3.35. The molecule has 208 valence electrons. The highest BCUT2D eigenvalue weighted by molar-refractivity contribution is 6.31. The van der Waals surface area contributed by atoms with Gasteiger partial charge in [-0.1, -0.05) is 12.1 Å². The van der Waals surface area contributed by atoms with E-state index in [1.54, 1.807) is 6.92 Å². The van der Waals surface area contributed by atoms with Crippen molar-refractivity contribution < 1.29 is 53.8 Å². The highest BCUT2D eigenvalue weighted by Gasteiger charge is 2.49. The minimum atomic E-state index is -2.00. The molecule has 3 aliphatic rings. The van der Waals surface area contributed by atoms with Gasteiger partial charge in [-0.3, -0.25) is 14.4 Å². The number of carbonyl (C=O) groups excluding carboxylic acids is 3. The fraction of sp³-hybridized carbons (Fsp3) is 0.464. The summed E-state index contributed by atoms with van der Waals surface area (Å²) in [5, 5.41) is 44.4. The number of hydrogen-bond donors (Lipinski definition) is 4. The largest absolute Gasteiger partial charge is 0.507 e. The molecular formula is C28H30O11. The molecule has 11 heteroatoms. The third-order valence-corrected chi connectivity index (χ3v) is 8.00. The van der Waals surface area contributed by atoms with Crippen molar-refractivity contribution in [2.45, 2.75) is 69.4 Å². The first-order chi connectivity index (χ1) is 18.4. The Kier molecular flexibility index (Phi) is 6.76. The van der Waals surface area contributed by atoms with Crippen molar-refractivity contribution in [3.63, 3.8) is 0 Å². The number of ether oxygens (including phenoxy) is 4. The maximum absolute atomic E-state index is 13.7. The first kappa shape index (κ1) is 27.2. The standard InChI is InChI=1S/C28H30O11/c1-11-23(30)16(37-4)8-18(38-11)39-17-10-28(35,12(2)29)9-14-20(17)27(34)22-21(25(14)32)24(31)13-6-5-7-15(36-3)19(13)26(22)33/h5-7,11,16-18,23,30,32,34-35H,8-10H2,1-4H3/t11?,16?,17-,18?,23?,28-/m0/s1. The molecule has 1 saturated heterocycles. The fourth-order valence-corrected chi connectivity index (χ4v) is 5.82. The van der Waals surface area contributed by atoms with Crippen LogP contribution in [-0.4, -0.2) is 82.2 Å². The lowest BCUT2D eigenvalue weighted by Gasteiger charge is -2.42. The Balaban J connectivity index is 1.67. The van der Waals surface area contributed by atoms with E-state index in [9.17, 15) is 34.8 Å². The topological polar surface area (TPSA) is 169 Å². The zero-order valence-corrected chi connectivity index (χ0v) is 21.9. The van der Waals surface area contributed by atoms with Crippen LogP contribution in [0.25, 0.3) is 0 Å². The summed E-state index contributed by atoms with van der Waals surface area (Å²) in [5.41, 5.74) is -3.03. The lowest BCUT2D eigenvalue weighted by atomic mass is 9.72. The number of hydrogen-bond acceptors (Lipinski definition) is 11. The van der Waals surface area contributed by atoms with Gasteiger partial charge in [0.05, 0.1) is 42.1 Å². The summed E-state index contributed by atoms with van der Waals surface area (Å²) in [5.74, 6) is -3.16. The normalized spacial score (nSPS) is 29.8. The highest BCUT2D eigenvalue weighted by Crippen LogP contribution is 2.52. The average molecular weight is 543 g/mol. The van der Waals surface area contributed by atoms with Gasteiger partial charge in [0.1, 0.15) is 29.0 Å². The number of Topliss-reactive ketones (excluding diaryl/α,β-unsaturated/α-hetero) is 1. The SMILES string of the molecule is COc1cccc2c1C(=O)c1c(O)c3c(c(O)c1C2=O)C[C@@](O)(C(C)=O)C[C@@H]3OC1CC(OC)C(O)C(C)O1. The molecule has 2 aromatic carbocycles. The molecule has 0 spiro atoms. The summed E-state index contributed by atoms with van der Waals surface area (Å²) >= 11 is 0. The molecular weight excluding hydrogens is 512 g/mol. The van der Waals surface area contributed by atoms with Crippen molar-refractivity contribution in [2.24, 2.45) is 0 Å². The number of phenols is 2. The monoisotopic (exact) mass is 542 g/mol. The van der Waals surface area contributed by atoms with Gasteiger partial charge < -0.3 is 39.4 Å². The summed E-state index contributed by atoms with van der Waals surface area (Å²) in [7, 11) is 2.77. The molecule has 0 amide bonds. The molecule has 1 aliphatic heterocycles. The van der Waals surface area contributed by atoms with E-state index in [-0.39, 0.29) is 40.8 Å². The van der Waals surface area contributed by atoms with Crippen LogP contribution in [0, 0.1) is 0 Å². The van der Waals surface area contributed by atoms with Crippen molar-refractivity contribution in [3.8, 4) is 17.2 Å². The first-order valence-corrected chi connectivity index (χ1v) is 12.6. The second-order valence-corrected chi connectivity index (χ2v) is 10.2. The lowest BCUT2D eigenvalue weighted by Crippen LogP contribution is -2.50.